The number of fused-ring (bicyclic) bond motifs is 3. The van der Waals surface area contributed by atoms with Crippen molar-refractivity contribution in [2.45, 2.75) is 0 Å². The maximum absolute atomic E-state index is 9.14. The number of allylic oxidation sites excluding steroid dienone is 1. The molecule has 1 heterocycles. The predicted octanol–water partition coefficient (Wildman–Crippen LogP) is 10.4. The molecule has 43 heavy (non-hydrogen) atoms. The van der Waals surface area contributed by atoms with Gasteiger partial charge in [-0.25, -0.2) is 0 Å². The van der Waals surface area contributed by atoms with Crippen LogP contribution in [-0.2, 0) is 0 Å². The molecule has 0 fully saturated rings. The van der Waals surface area contributed by atoms with E-state index in [1.54, 1.807) is 0 Å². The van der Waals surface area contributed by atoms with E-state index in [-0.39, 0.29) is 0 Å². The molecule has 6 aromatic carbocycles. The summed E-state index contributed by atoms with van der Waals surface area (Å²) in [6.07, 6.45) is 3.33. The third-order valence-electron chi connectivity index (χ3n) is 7.81. The number of furan rings is 1. The van der Waals surface area contributed by atoms with E-state index >= 15 is 0 Å². The third-order valence-corrected chi connectivity index (χ3v) is 7.81. The molecule has 0 saturated heterocycles. The monoisotopic (exact) mass is 552 g/mol. The van der Waals surface area contributed by atoms with Gasteiger partial charge in [0.15, 0.2) is 0 Å². The summed E-state index contributed by atoms with van der Waals surface area (Å²) in [6.45, 7) is 0. The molecular weight excluding hydrogens is 524 g/mol. The second-order valence-electron chi connectivity index (χ2n) is 10.6. The fourth-order valence-corrected chi connectivity index (χ4v) is 5.67. The summed E-state index contributed by atoms with van der Waals surface area (Å²) in [5, 5.41) is 19.0. The number of para-hydroxylation sites is 1. The van der Waals surface area contributed by atoms with Crippen LogP contribution < -0.4 is 0 Å². The Morgan fingerprint density at radius 2 is 1.19 bits per heavy atom. The first-order valence-corrected chi connectivity index (χ1v) is 14.3. The van der Waals surface area contributed by atoms with Gasteiger partial charge in [0.25, 0.3) is 0 Å². The largest absolute Gasteiger partial charge is 0.455 e. The molecule has 1 aromatic heterocycles. The van der Waals surface area contributed by atoms with Gasteiger partial charge in [-0.2, -0.15) is 0 Å². The first kappa shape index (κ1) is 26.1. The van der Waals surface area contributed by atoms with E-state index in [9.17, 15) is 0 Å². The van der Waals surface area contributed by atoms with E-state index in [0.29, 0.717) is 5.71 Å². The maximum atomic E-state index is 9.14. The van der Waals surface area contributed by atoms with Crippen molar-refractivity contribution in [2.24, 2.45) is 0 Å². The van der Waals surface area contributed by atoms with Crippen molar-refractivity contribution in [1.29, 1.82) is 10.8 Å². The van der Waals surface area contributed by atoms with Crippen molar-refractivity contribution in [3.63, 3.8) is 0 Å². The highest BCUT2D eigenvalue weighted by Gasteiger charge is 2.16. The van der Waals surface area contributed by atoms with Crippen molar-refractivity contribution >= 4 is 39.4 Å². The fraction of sp³-hybridized carbons (Fsp3) is 0. The third kappa shape index (κ3) is 5.09. The number of hydrogen-bond donors (Lipinski definition) is 2. The smallest absolute Gasteiger partial charge is 0.143 e. The zero-order valence-corrected chi connectivity index (χ0v) is 23.4. The van der Waals surface area contributed by atoms with E-state index in [0.717, 1.165) is 72.0 Å². The molecule has 0 aliphatic heterocycles. The van der Waals surface area contributed by atoms with Crippen molar-refractivity contribution in [1.82, 2.24) is 0 Å². The predicted molar refractivity (Wildman–Crippen MR) is 179 cm³/mol. The Labute approximate surface area is 250 Å². The molecule has 0 atom stereocenters. The standard InChI is InChI=1S/C40H28N2O/c41-26-27-11-9-17-31(21-27)36-23-33(24-37-34-19-7-8-20-39(34)43-40(36)37)30-16-10-18-32(22-30)38(42)25-35(28-12-3-1-4-13-28)29-14-5-2-6-15-29/h1-26,41-42H. The Morgan fingerprint density at radius 3 is 1.93 bits per heavy atom. The van der Waals surface area contributed by atoms with E-state index in [1.165, 1.54) is 6.21 Å². The van der Waals surface area contributed by atoms with Crippen molar-refractivity contribution in [3.05, 3.63) is 174 Å². The highest BCUT2D eigenvalue weighted by atomic mass is 16.3. The van der Waals surface area contributed by atoms with Gasteiger partial charge in [-0.05, 0) is 75.4 Å². The van der Waals surface area contributed by atoms with Crippen LogP contribution >= 0.6 is 0 Å². The van der Waals surface area contributed by atoms with E-state index in [2.05, 4.69) is 60.7 Å². The highest BCUT2D eigenvalue weighted by Crippen LogP contribution is 2.40. The zero-order valence-electron chi connectivity index (χ0n) is 23.4. The molecule has 0 aliphatic rings. The number of hydrogen-bond acceptors (Lipinski definition) is 3. The van der Waals surface area contributed by atoms with Crippen LogP contribution in [0.2, 0.25) is 0 Å². The quantitative estimate of drug-likeness (QED) is 0.190. The molecule has 204 valence electrons. The van der Waals surface area contributed by atoms with Crippen molar-refractivity contribution in [3.8, 4) is 22.3 Å². The molecule has 0 bridgehead atoms. The molecule has 0 radical (unpaired) electrons. The Kier molecular flexibility index (Phi) is 6.82. The molecule has 0 saturated carbocycles. The normalized spacial score (nSPS) is 11.0. The average molecular weight is 553 g/mol. The lowest BCUT2D eigenvalue weighted by atomic mass is 9.92. The summed E-state index contributed by atoms with van der Waals surface area (Å²) in [6, 6.07) is 49.1. The molecule has 2 N–H and O–H groups in total. The molecule has 0 unspecified atom stereocenters. The lowest BCUT2D eigenvalue weighted by Gasteiger charge is -2.12. The van der Waals surface area contributed by atoms with Crippen molar-refractivity contribution < 1.29 is 4.42 Å². The minimum Gasteiger partial charge on any atom is -0.455 e. The summed E-state index contributed by atoms with van der Waals surface area (Å²) in [4.78, 5) is 0. The number of nitrogens with one attached hydrogen (secondary N) is 2. The van der Waals surface area contributed by atoms with Gasteiger partial charge in [0.2, 0.25) is 0 Å². The minimum atomic E-state index is 0.443. The first-order chi connectivity index (χ1) is 21.2. The van der Waals surface area contributed by atoms with Crippen LogP contribution in [0.1, 0.15) is 22.3 Å². The summed E-state index contributed by atoms with van der Waals surface area (Å²) in [5.74, 6) is 0. The number of rotatable bonds is 7. The number of benzene rings is 6. The van der Waals surface area contributed by atoms with Gasteiger partial charge in [0.1, 0.15) is 11.2 Å². The molecule has 0 amide bonds. The van der Waals surface area contributed by atoms with Crippen LogP contribution in [-0.4, -0.2) is 11.9 Å². The first-order valence-electron chi connectivity index (χ1n) is 14.3. The van der Waals surface area contributed by atoms with E-state index in [1.807, 2.05) is 91.0 Å². The maximum Gasteiger partial charge on any atom is 0.143 e. The summed E-state index contributed by atoms with van der Waals surface area (Å²) >= 11 is 0. The zero-order chi connectivity index (χ0) is 29.2. The average Bonchev–Trinajstić information content (AvgIpc) is 3.46. The van der Waals surface area contributed by atoms with Gasteiger partial charge in [-0.3, -0.25) is 0 Å². The van der Waals surface area contributed by atoms with Crippen molar-refractivity contribution in [2.75, 3.05) is 0 Å². The highest BCUT2D eigenvalue weighted by molar-refractivity contribution is 6.13. The van der Waals surface area contributed by atoms with Crippen LogP contribution in [0.5, 0.6) is 0 Å². The molecule has 7 rings (SSSR count). The van der Waals surface area contributed by atoms with Crippen LogP contribution in [0.4, 0.5) is 0 Å². The molecule has 3 nitrogen and oxygen atoms in total. The van der Waals surface area contributed by atoms with Gasteiger partial charge < -0.3 is 15.2 Å². The second kappa shape index (κ2) is 11.2. The molecule has 3 heteroatoms. The second-order valence-corrected chi connectivity index (χ2v) is 10.6. The Hall–Kier alpha value is -5.80. The molecular formula is C40H28N2O. The van der Waals surface area contributed by atoms with Crippen LogP contribution in [0.25, 0.3) is 49.8 Å². The molecule has 0 aliphatic carbocycles. The SMILES string of the molecule is N=Cc1cccc(-c2cc(-c3cccc(C(=N)C=C(c4ccccc4)c4ccccc4)c3)cc3c2oc2ccccc23)c1. The van der Waals surface area contributed by atoms with Gasteiger partial charge in [-0.1, -0.05) is 115 Å². The summed E-state index contributed by atoms with van der Waals surface area (Å²) in [7, 11) is 0. The lowest BCUT2D eigenvalue weighted by molar-refractivity contribution is 0.670. The molecule has 7 aromatic rings. The topological polar surface area (TPSA) is 60.8 Å². The Bertz CT molecular complexity index is 2110. The van der Waals surface area contributed by atoms with Gasteiger partial charge >= 0.3 is 0 Å². The molecule has 0 spiro atoms. The van der Waals surface area contributed by atoms with E-state index in [4.69, 9.17) is 15.2 Å². The van der Waals surface area contributed by atoms with Gasteiger partial charge in [-0.15, -0.1) is 0 Å². The van der Waals surface area contributed by atoms with Crippen LogP contribution in [0.3, 0.4) is 0 Å². The fourth-order valence-electron chi connectivity index (χ4n) is 5.67. The summed E-state index contributed by atoms with van der Waals surface area (Å²) < 4.78 is 6.39. The lowest BCUT2D eigenvalue weighted by Crippen LogP contribution is -1.98. The minimum absolute atomic E-state index is 0.443. The van der Waals surface area contributed by atoms with Gasteiger partial charge in [0.05, 0.1) is 5.71 Å². The van der Waals surface area contributed by atoms with Crippen LogP contribution in [0, 0.1) is 10.8 Å². The Balaban J connectivity index is 1.36. The van der Waals surface area contributed by atoms with E-state index < -0.39 is 0 Å². The van der Waals surface area contributed by atoms with Crippen LogP contribution in [0.15, 0.2) is 156 Å². The van der Waals surface area contributed by atoms with Gasteiger partial charge in [0, 0.05) is 28.1 Å². The summed E-state index contributed by atoms with van der Waals surface area (Å²) in [5.41, 5.74) is 11.0. The Morgan fingerprint density at radius 1 is 0.535 bits per heavy atom.